The summed E-state index contributed by atoms with van der Waals surface area (Å²) < 4.78 is 0. The first-order chi connectivity index (χ1) is 12.2. The molecule has 2 N–H and O–H groups in total. The van der Waals surface area contributed by atoms with Crippen LogP contribution in [0.4, 0.5) is 10.5 Å². The first-order valence-electron chi connectivity index (χ1n) is 8.55. The number of carbonyl (C=O) groups is 2. The maximum absolute atomic E-state index is 12.4. The number of aromatic nitrogens is 1. The number of rotatable bonds is 4. The molecular weight excluding hydrogens is 316 g/mol. The van der Waals surface area contributed by atoms with E-state index in [9.17, 15) is 9.59 Å². The molecule has 0 unspecified atom stereocenters. The zero-order valence-electron chi connectivity index (χ0n) is 14.1. The summed E-state index contributed by atoms with van der Waals surface area (Å²) in [6, 6.07) is 10.4. The highest BCUT2D eigenvalue weighted by atomic mass is 16.2. The van der Waals surface area contributed by atoms with E-state index in [-0.39, 0.29) is 11.9 Å². The van der Waals surface area contributed by atoms with E-state index >= 15 is 0 Å². The Morgan fingerprint density at radius 3 is 2.48 bits per heavy atom. The molecule has 0 atom stereocenters. The number of carbonyl (C=O) groups excluding carboxylic acids is 2. The summed E-state index contributed by atoms with van der Waals surface area (Å²) in [5.74, 6) is 0.0623. The SMILES string of the molecule is O=C(NCc1cccnc1)Nc1ccc(C(=O)N2CCCCC2)cc1. The lowest BCUT2D eigenvalue weighted by Crippen LogP contribution is -2.35. The third kappa shape index (κ3) is 4.79. The number of nitrogens with zero attached hydrogens (tertiary/aromatic N) is 2. The molecule has 1 aromatic heterocycles. The van der Waals surface area contributed by atoms with Crippen molar-refractivity contribution >= 4 is 17.6 Å². The van der Waals surface area contributed by atoms with Crippen molar-refractivity contribution in [2.24, 2.45) is 0 Å². The van der Waals surface area contributed by atoms with E-state index in [2.05, 4.69) is 15.6 Å². The molecule has 0 saturated carbocycles. The van der Waals surface area contributed by atoms with Gasteiger partial charge >= 0.3 is 6.03 Å². The second kappa shape index (κ2) is 8.28. The number of urea groups is 1. The molecule has 2 aromatic rings. The third-order valence-electron chi connectivity index (χ3n) is 4.21. The van der Waals surface area contributed by atoms with Gasteiger partial charge in [-0.1, -0.05) is 6.07 Å². The largest absolute Gasteiger partial charge is 0.339 e. The highest BCUT2D eigenvalue weighted by Gasteiger charge is 2.17. The molecule has 1 fully saturated rings. The molecule has 1 aromatic carbocycles. The summed E-state index contributed by atoms with van der Waals surface area (Å²) >= 11 is 0. The molecule has 25 heavy (non-hydrogen) atoms. The highest BCUT2D eigenvalue weighted by molar-refractivity contribution is 5.95. The van der Waals surface area contributed by atoms with Gasteiger partial charge in [0.05, 0.1) is 0 Å². The number of amides is 3. The number of piperidine rings is 1. The Morgan fingerprint density at radius 2 is 1.80 bits per heavy atom. The molecule has 6 nitrogen and oxygen atoms in total. The van der Waals surface area contributed by atoms with Crippen molar-refractivity contribution in [2.75, 3.05) is 18.4 Å². The van der Waals surface area contributed by atoms with Gasteiger partial charge in [0.2, 0.25) is 0 Å². The predicted molar refractivity (Wildman–Crippen MR) is 96.3 cm³/mol. The highest BCUT2D eigenvalue weighted by Crippen LogP contribution is 2.15. The van der Waals surface area contributed by atoms with Crippen molar-refractivity contribution in [3.63, 3.8) is 0 Å². The van der Waals surface area contributed by atoms with E-state index in [4.69, 9.17) is 0 Å². The molecule has 0 radical (unpaired) electrons. The molecule has 0 bridgehead atoms. The van der Waals surface area contributed by atoms with Gasteiger partial charge in [-0.25, -0.2) is 4.79 Å². The number of pyridine rings is 1. The van der Waals surface area contributed by atoms with E-state index in [0.717, 1.165) is 31.5 Å². The number of benzene rings is 1. The molecule has 1 aliphatic rings. The van der Waals surface area contributed by atoms with Gasteiger partial charge in [-0.2, -0.15) is 0 Å². The van der Waals surface area contributed by atoms with E-state index in [0.29, 0.717) is 17.8 Å². The quantitative estimate of drug-likeness (QED) is 0.900. The average Bonchev–Trinajstić information content (AvgIpc) is 2.68. The van der Waals surface area contributed by atoms with Crippen molar-refractivity contribution in [3.05, 3.63) is 59.9 Å². The minimum absolute atomic E-state index is 0.0623. The van der Waals surface area contributed by atoms with Crippen LogP contribution in [-0.2, 0) is 6.54 Å². The van der Waals surface area contributed by atoms with Gasteiger partial charge in [-0.05, 0) is 55.2 Å². The van der Waals surface area contributed by atoms with Crippen LogP contribution in [0.2, 0.25) is 0 Å². The Hall–Kier alpha value is -2.89. The second-order valence-electron chi connectivity index (χ2n) is 6.10. The van der Waals surface area contributed by atoms with Crippen LogP contribution in [0.25, 0.3) is 0 Å². The second-order valence-corrected chi connectivity index (χ2v) is 6.10. The number of hydrogen-bond acceptors (Lipinski definition) is 3. The lowest BCUT2D eigenvalue weighted by molar-refractivity contribution is 0.0724. The first kappa shape index (κ1) is 17.0. The van der Waals surface area contributed by atoms with Crippen LogP contribution in [-0.4, -0.2) is 34.9 Å². The van der Waals surface area contributed by atoms with Gasteiger partial charge in [0.15, 0.2) is 0 Å². The van der Waals surface area contributed by atoms with Gasteiger partial charge in [-0.3, -0.25) is 9.78 Å². The Labute approximate surface area is 147 Å². The summed E-state index contributed by atoms with van der Waals surface area (Å²) in [4.78, 5) is 30.2. The van der Waals surface area contributed by atoms with Crippen LogP contribution < -0.4 is 10.6 Å². The van der Waals surface area contributed by atoms with Crippen molar-refractivity contribution in [2.45, 2.75) is 25.8 Å². The van der Waals surface area contributed by atoms with E-state index < -0.39 is 0 Å². The van der Waals surface area contributed by atoms with Crippen LogP contribution in [0.1, 0.15) is 35.2 Å². The van der Waals surface area contributed by atoms with Gasteiger partial charge in [0.25, 0.3) is 5.91 Å². The number of likely N-dealkylation sites (tertiary alicyclic amines) is 1. The number of anilines is 1. The van der Waals surface area contributed by atoms with Crippen LogP contribution in [0.3, 0.4) is 0 Å². The molecule has 130 valence electrons. The molecule has 1 aliphatic heterocycles. The zero-order valence-corrected chi connectivity index (χ0v) is 14.1. The van der Waals surface area contributed by atoms with Crippen LogP contribution in [0, 0.1) is 0 Å². The summed E-state index contributed by atoms with van der Waals surface area (Å²) in [6.07, 6.45) is 6.74. The van der Waals surface area contributed by atoms with Crippen molar-refractivity contribution in [1.29, 1.82) is 0 Å². The Morgan fingerprint density at radius 1 is 1.04 bits per heavy atom. The Kier molecular flexibility index (Phi) is 5.61. The van der Waals surface area contributed by atoms with Gasteiger partial charge in [-0.15, -0.1) is 0 Å². The molecule has 6 heteroatoms. The topological polar surface area (TPSA) is 74.3 Å². The Balaban J connectivity index is 1.51. The lowest BCUT2D eigenvalue weighted by Gasteiger charge is -2.26. The van der Waals surface area contributed by atoms with Crippen LogP contribution in [0.15, 0.2) is 48.8 Å². The smallest absolute Gasteiger partial charge is 0.319 e. The van der Waals surface area contributed by atoms with Crippen molar-refractivity contribution < 1.29 is 9.59 Å². The minimum atomic E-state index is -0.293. The maximum atomic E-state index is 12.4. The molecule has 0 aliphatic carbocycles. The summed E-state index contributed by atoms with van der Waals surface area (Å²) in [5, 5.41) is 5.53. The number of hydrogen-bond donors (Lipinski definition) is 2. The fourth-order valence-electron chi connectivity index (χ4n) is 2.84. The molecule has 0 spiro atoms. The van der Waals surface area contributed by atoms with Gasteiger partial charge in [0.1, 0.15) is 0 Å². The molecule has 2 heterocycles. The summed E-state index contributed by atoms with van der Waals surface area (Å²) in [6.45, 7) is 2.07. The van der Waals surface area contributed by atoms with Crippen LogP contribution >= 0.6 is 0 Å². The molecule has 1 saturated heterocycles. The average molecular weight is 338 g/mol. The first-order valence-corrected chi connectivity index (χ1v) is 8.55. The monoisotopic (exact) mass is 338 g/mol. The lowest BCUT2D eigenvalue weighted by atomic mass is 10.1. The van der Waals surface area contributed by atoms with Crippen molar-refractivity contribution in [1.82, 2.24) is 15.2 Å². The third-order valence-corrected chi connectivity index (χ3v) is 4.21. The van der Waals surface area contributed by atoms with E-state index in [1.54, 1.807) is 36.7 Å². The van der Waals surface area contributed by atoms with Crippen molar-refractivity contribution in [3.8, 4) is 0 Å². The molecule has 3 rings (SSSR count). The molecule has 3 amide bonds. The van der Waals surface area contributed by atoms with E-state index in [1.807, 2.05) is 17.0 Å². The maximum Gasteiger partial charge on any atom is 0.319 e. The molecular formula is C19H22N4O2. The Bertz CT molecular complexity index is 710. The summed E-state index contributed by atoms with van der Waals surface area (Å²) in [5.41, 5.74) is 2.24. The fraction of sp³-hybridized carbons (Fsp3) is 0.316. The van der Waals surface area contributed by atoms with E-state index in [1.165, 1.54) is 6.42 Å². The van der Waals surface area contributed by atoms with Crippen LogP contribution in [0.5, 0.6) is 0 Å². The normalized spacial score (nSPS) is 14.0. The standard InChI is InChI=1S/C19H22N4O2/c24-18(23-11-2-1-3-12-23)16-6-8-17(9-7-16)22-19(25)21-14-15-5-4-10-20-13-15/h4-10,13H,1-3,11-12,14H2,(H2,21,22,25). The number of nitrogens with one attached hydrogen (secondary N) is 2. The predicted octanol–water partition coefficient (Wildman–Crippen LogP) is 3.03. The fourth-order valence-corrected chi connectivity index (χ4v) is 2.84. The summed E-state index contributed by atoms with van der Waals surface area (Å²) in [7, 11) is 0. The van der Waals surface area contributed by atoms with Gasteiger partial charge in [0, 0.05) is 43.3 Å². The minimum Gasteiger partial charge on any atom is -0.339 e. The zero-order chi connectivity index (χ0) is 17.5. The van der Waals surface area contributed by atoms with Gasteiger partial charge < -0.3 is 15.5 Å².